The number of urea groups is 1. The fourth-order valence-electron chi connectivity index (χ4n) is 2.06. The van der Waals surface area contributed by atoms with Crippen molar-refractivity contribution in [3.63, 3.8) is 0 Å². The molecule has 1 aliphatic heterocycles. The maximum Gasteiger partial charge on any atom is 0.317 e. The van der Waals surface area contributed by atoms with Crippen LogP contribution in [0.2, 0.25) is 0 Å². The van der Waals surface area contributed by atoms with Crippen LogP contribution in [0.5, 0.6) is 0 Å². The lowest BCUT2D eigenvalue weighted by atomic mass is 10.2. The fraction of sp³-hybridized carbons (Fsp3) is 0.909. The first-order valence-electron chi connectivity index (χ1n) is 6.25. The molecule has 1 fully saturated rings. The Morgan fingerprint density at radius 1 is 1.35 bits per heavy atom. The summed E-state index contributed by atoms with van der Waals surface area (Å²) < 4.78 is 0. The molecular weight excluding hydrogens is 218 g/mol. The van der Waals surface area contributed by atoms with Crippen LogP contribution in [0.1, 0.15) is 13.8 Å². The molecule has 1 rings (SSSR count). The van der Waals surface area contributed by atoms with E-state index in [0.717, 1.165) is 39.3 Å². The fourth-order valence-corrected chi connectivity index (χ4v) is 2.06. The second-order valence-electron chi connectivity index (χ2n) is 4.93. The Kier molecular flexibility index (Phi) is 5.67. The number of nitrogens with two attached hydrogens (primary N) is 2. The number of carbonyl (C=O) groups excluding carboxylic acids is 1. The summed E-state index contributed by atoms with van der Waals surface area (Å²) in [4.78, 5) is 15.4. The predicted molar refractivity (Wildman–Crippen MR) is 68.7 cm³/mol. The van der Waals surface area contributed by atoms with Gasteiger partial charge in [-0.2, -0.15) is 0 Å². The third kappa shape index (κ3) is 5.34. The molecule has 100 valence electrons. The SMILES string of the molecule is CC(N)CN(CCN1CCNC1=O)CC(C)N. The van der Waals surface area contributed by atoms with Gasteiger partial charge in [-0.15, -0.1) is 0 Å². The summed E-state index contributed by atoms with van der Waals surface area (Å²) in [6.07, 6.45) is 0. The quantitative estimate of drug-likeness (QED) is 0.536. The maximum absolute atomic E-state index is 11.4. The van der Waals surface area contributed by atoms with Crippen molar-refractivity contribution < 1.29 is 4.79 Å². The molecule has 0 radical (unpaired) electrons. The van der Waals surface area contributed by atoms with E-state index in [1.807, 2.05) is 18.7 Å². The molecule has 1 saturated heterocycles. The molecule has 1 aliphatic rings. The van der Waals surface area contributed by atoms with Gasteiger partial charge >= 0.3 is 6.03 Å². The highest BCUT2D eigenvalue weighted by Crippen LogP contribution is 1.99. The monoisotopic (exact) mass is 243 g/mol. The Balaban J connectivity index is 2.34. The van der Waals surface area contributed by atoms with E-state index in [-0.39, 0.29) is 18.1 Å². The van der Waals surface area contributed by atoms with Crippen LogP contribution in [0.15, 0.2) is 0 Å². The lowest BCUT2D eigenvalue weighted by molar-refractivity contribution is 0.195. The first-order valence-corrected chi connectivity index (χ1v) is 6.25. The van der Waals surface area contributed by atoms with Gasteiger partial charge < -0.3 is 21.7 Å². The van der Waals surface area contributed by atoms with E-state index in [1.54, 1.807) is 0 Å². The van der Waals surface area contributed by atoms with Gasteiger partial charge in [0.1, 0.15) is 0 Å². The van der Waals surface area contributed by atoms with Crippen LogP contribution < -0.4 is 16.8 Å². The maximum atomic E-state index is 11.4. The molecule has 6 heteroatoms. The summed E-state index contributed by atoms with van der Waals surface area (Å²) in [5.41, 5.74) is 11.6. The molecule has 17 heavy (non-hydrogen) atoms. The second kappa shape index (κ2) is 6.78. The van der Waals surface area contributed by atoms with E-state index in [2.05, 4.69) is 10.2 Å². The van der Waals surface area contributed by atoms with Crippen LogP contribution in [0.3, 0.4) is 0 Å². The van der Waals surface area contributed by atoms with Crippen molar-refractivity contribution in [3.8, 4) is 0 Å². The molecule has 0 aliphatic carbocycles. The van der Waals surface area contributed by atoms with E-state index in [9.17, 15) is 4.79 Å². The van der Waals surface area contributed by atoms with Crippen molar-refractivity contribution in [1.82, 2.24) is 15.1 Å². The van der Waals surface area contributed by atoms with Gasteiger partial charge in [0.15, 0.2) is 0 Å². The van der Waals surface area contributed by atoms with E-state index in [4.69, 9.17) is 11.5 Å². The molecule has 0 saturated carbocycles. The predicted octanol–water partition coefficient (Wildman–Crippen LogP) is -0.992. The lowest BCUT2D eigenvalue weighted by Crippen LogP contribution is -2.45. The van der Waals surface area contributed by atoms with Gasteiger partial charge in [0.2, 0.25) is 0 Å². The zero-order chi connectivity index (χ0) is 12.8. The number of nitrogens with one attached hydrogen (secondary N) is 1. The zero-order valence-corrected chi connectivity index (χ0v) is 10.9. The molecule has 2 amide bonds. The molecular formula is C11H25N5O. The Morgan fingerprint density at radius 3 is 2.35 bits per heavy atom. The molecule has 0 aromatic rings. The molecule has 1 heterocycles. The van der Waals surface area contributed by atoms with Crippen LogP contribution >= 0.6 is 0 Å². The van der Waals surface area contributed by atoms with Crippen LogP contribution in [0.25, 0.3) is 0 Å². The molecule has 2 atom stereocenters. The summed E-state index contributed by atoms with van der Waals surface area (Å²) in [6, 6.07) is 0.286. The molecule has 2 unspecified atom stereocenters. The van der Waals surface area contributed by atoms with Gasteiger partial charge in [-0.05, 0) is 13.8 Å². The van der Waals surface area contributed by atoms with Gasteiger partial charge in [0, 0.05) is 51.4 Å². The summed E-state index contributed by atoms with van der Waals surface area (Å²) in [5.74, 6) is 0. The number of rotatable bonds is 7. The molecule has 5 N–H and O–H groups in total. The number of hydrogen-bond donors (Lipinski definition) is 3. The minimum absolute atomic E-state index is 0.0338. The van der Waals surface area contributed by atoms with Gasteiger partial charge in [0.25, 0.3) is 0 Å². The minimum Gasteiger partial charge on any atom is -0.336 e. The normalized spacial score (nSPS) is 19.6. The molecule has 0 aromatic carbocycles. The highest BCUT2D eigenvalue weighted by Gasteiger charge is 2.20. The second-order valence-corrected chi connectivity index (χ2v) is 4.93. The Bertz CT molecular complexity index is 234. The Morgan fingerprint density at radius 2 is 1.94 bits per heavy atom. The third-order valence-corrected chi connectivity index (χ3v) is 2.72. The van der Waals surface area contributed by atoms with Crippen LogP contribution in [0, 0.1) is 0 Å². The van der Waals surface area contributed by atoms with Crippen molar-refractivity contribution in [3.05, 3.63) is 0 Å². The largest absolute Gasteiger partial charge is 0.336 e. The topological polar surface area (TPSA) is 87.6 Å². The lowest BCUT2D eigenvalue weighted by Gasteiger charge is -2.27. The summed E-state index contributed by atoms with van der Waals surface area (Å²) >= 11 is 0. The van der Waals surface area contributed by atoms with Crippen molar-refractivity contribution in [2.24, 2.45) is 11.5 Å². The summed E-state index contributed by atoms with van der Waals surface area (Å²) in [5, 5.41) is 2.79. The molecule has 6 nitrogen and oxygen atoms in total. The Labute approximate surface area is 103 Å². The van der Waals surface area contributed by atoms with E-state index >= 15 is 0 Å². The van der Waals surface area contributed by atoms with Crippen LogP contribution in [0.4, 0.5) is 4.79 Å². The Hall–Kier alpha value is -0.850. The first-order chi connectivity index (χ1) is 7.99. The number of hydrogen-bond acceptors (Lipinski definition) is 4. The summed E-state index contributed by atoms with van der Waals surface area (Å²) in [6.45, 7) is 8.71. The van der Waals surface area contributed by atoms with Gasteiger partial charge in [-0.25, -0.2) is 4.79 Å². The van der Waals surface area contributed by atoms with Crippen molar-refractivity contribution in [2.75, 3.05) is 39.3 Å². The van der Waals surface area contributed by atoms with E-state index in [0.29, 0.717) is 0 Å². The summed E-state index contributed by atoms with van der Waals surface area (Å²) in [7, 11) is 0. The minimum atomic E-state index is 0.0338. The molecule has 0 spiro atoms. The zero-order valence-electron chi connectivity index (χ0n) is 10.9. The third-order valence-electron chi connectivity index (χ3n) is 2.72. The van der Waals surface area contributed by atoms with Crippen molar-refractivity contribution in [1.29, 1.82) is 0 Å². The van der Waals surface area contributed by atoms with Crippen LogP contribution in [-0.4, -0.2) is 67.2 Å². The number of carbonyl (C=O) groups is 1. The first kappa shape index (κ1) is 14.2. The van der Waals surface area contributed by atoms with Crippen LogP contribution in [-0.2, 0) is 0 Å². The van der Waals surface area contributed by atoms with Crippen molar-refractivity contribution in [2.45, 2.75) is 25.9 Å². The highest BCUT2D eigenvalue weighted by atomic mass is 16.2. The number of amides is 2. The highest BCUT2D eigenvalue weighted by molar-refractivity contribution is 5.76. The van der Waals surface area contributed by atoms with Gasteiger partial charge in [-0.1, -0.05) is 0 Å². The smallest absolute Gasteiger partial charge is 0.317 e. The molecule has 0 aromatic heterocycles. The van der Waals surface area contributed by atoms with E-state index < -0.39 is 0 Å². The molecule has 0 bridgehead atoms. The van der Waals surface area contributed by atoms with Gasteiger partial charge in [-0.3, -0.25) is 4.90 Å². The van der Waals surface area contributed by atoms with Crippen molar-refractivity contribution >= 4 is 6.03 Å². The standard InChI is InChI=1S/C11H25N5O/c1-9(12)7-15(8-10(2)13)5-6-16-4-3-14-11(16)17/h9-10H,3-8,12-13H2,1-2H3,(H,14,17). The average Bonchev–Trinajstić information content (AvgIpc) is 2.59. The van der Waals surface area contributed by atoms with Gasteiger partial charge in [0.05, 0.1) is 0 Å². The van der Waals surface area contributed by atoms with E-state index in [1.165, 1.54) is 0 Å². The number of nitrogens with zero attached hydrogens (tertiary/aromatic N) is 2. The average molecular weight is 243 g/mol.